The number of nitrogens with one attached hydrogen (secondary N) is 1. The van der Waals surface area contributed by atoms with Gasteiger partial charge in [-0.15, -0.1) is 10.2 Å². The number of para-hydroxylation sites is 1. The number of hydrogen-bond donors (Lipinski definition) is 4. The normalized spacial score (nSPS) is 17.7. The maximum atomic E-state index is 14.1. The van der Waals surface area contributed by atoms with Crippen LogP contribution in [-0.2, 0) is 10.2 Å². The van der Waals surface area contributed by atoms with Gasteiger partial charge in [0.15, 0.2) is 5.82 Å². The fraction of sp³-hybridized carbons (Fsp3) is 0.357. The number of nitrogen functional groups attached to an aromatic ring is 1. The van der Waals surface area contributed by atoms with Gasteiger partial charge in [-0.2, -0.15) is 0 Å². The number of carboxylic acid groups (broad SMARTS) is 1. The molecule has 0 atom stereocenters. The van der Waals surface area contributed by atoms with Crippen molar-refractivity contribution in [3.63, 3.8) is 0 Å². The van der Waals surface area contributed by atoms with Gasteiger partial charge in [-0.1, -0.05) is 42.5 Å². The van der Waals surface area contributed by atoms with Crippen LogP contribution in [0.1, 0.15) is 31.2 Å². The van der Waals surface area contributed by atoms with E-state index in [2.05, 4.69) is 20.4 Å². The number of aromatic nitrogens is 2. The number of phenolic OH excluding ortho intramolecular Hbond substituents is 1. The smallest absolute Gasteiger partial charge is 0.404 e. The first-order valence-corrected chi connectivity index (χ1v) is 12.9. The number of hydrogen-bond acceptors (Lipinski definition) is 7. The summed E-state index contributed by atoms with van der Waals surface area (Å²) in [6.07, 6.45) is 1.36. The van der Waals surface area contributed by atoms with Crippen molar-refractivity contribution >= 4 is 23.5 Å². The Morgan fingerprint density at radius 1 is 0.947 bits per heavy atom. The van der Waals surface area contributed by atoms with E-state index in [1.165, 1.54) is 0 Å². The molecule has 2 amide bonds. The highest BCUT2D eigenvalue weighted by molar-refractivity contribution is 5.89. The van der Waals surface area contributed by atoms with Gasteiger partial charge in [0.05, 0.1) is 16.8 Å². The van der Waals surface area contributed by atoms with Gasteiger partial charge in [-0.3, -0.25) is 4.79 Å². The number of carbonyl (C=O) groups is 2. The number of amides is 2. The molecule has 2 fully saturated rings. The SMILES string of the molecule is Nc1nnc(-c2ccccc2O)cc1N1CCC(C(=O)N2CCC(NC(=O)O)CC2)(c2ccccc2)CC1. The lowest BCUT2D eigenvalue weighted by atomic mass is 9.71. The van der Waals surface area contributed by atoms with Gasteiger partial charge in [0.2, 0.25) is 5.91 Å². The number of phenols is 1. The van der Waals surface area contributed by atoms with Gasteiger partial charge in [0, 0.05) is 37.8 Å². The van der Waals surface area contributed by atoms with Crippen LogP contribution >= 0.6 is 0 Å². The van der Waals surface area contributed by atoms with Crippen molar-refractivity contribution in [2.45, 2.75) is 37.1 Å². The first-order chi connectivity index (χ1) is 18.4. The van der Waals surface area contributed by atoms with Crippen LogP contribution in [0, 0.1) is 0 Å². The second kappa shape index (κ2) is 10.6. The molecule has 38 heavy (non-hydrogen) atoms. The van der Waals surface area contributed by atoms with Gasteiger partial charge in [0.25, 0.3) is 0 Å². The summed E-state index contributed by atoms with van der Waals surface area (Å²) >= 11 is 0. The molecule has 5 N–H and O–H groups in total. The Bertz CT molecular complexity index is 1300. The number of benzene rings is 2. The Morgan fingerprint density at radius 3 is 2.26 bits per heavy atom. The summed E-state index contributed by atoms with van der Waals surface area (Å²) in [5.74, 6) is 0.510. The molecule has 0 saturated carbocycles. The molecule has 0 bridgehead atoms. The second-order valence-corrected chi connectivity index (χ2v) is 9.97. The van der Waals surface area contributed by atoms with Crippen LogP contribution in [0.2, 0.25) is 0 Å². The molecule has 10 nitrogen and oxygen atoms in total. The molecule has 3 heterocycles. The summed E-state index contributed by atoms with van der Waals surface area (Å²) in [5, 5.41) is 30.2. The number of nitrogens with two attached hydrogens (primary N) is 1. The molecular formula is C28H32N6O4. The monoisotopic (exact) mass is 516 g/mol. The first kappa shape index (κ1) is 25.3. The van der Waals surface area contributed by atoms with Gasteiger partial charge in [0.1, 0.15) is 5.75 Å². The minimum absolute atomic E-state index is 0.0906. The molecule has 0 unspecified atom stereocenters. The molecular weight excluding hydrogens is 484 g/mol. The first-order valence-electron chi connectivity index (χ1n) is 12.9. The largest absolute Gasteiger partial charge is 0.507 e. The number of carbonyl (C=O) groups excluding carboxylic acids is 1. The quantitative estimate of drug-likeness (QED) is 0.405. The number of nitrogens with zero attached hydrogens (tertiary/aromatic N) is 4. The zero-order valence-corrected chi connectivity index (χ0v) is 21.1. The lowest BCUT2D eigenvalue weighted by Gasteiger charge is -2.45. The summed E-state index contributed by atoms with van der Waals surface area (Å²) in [7, 11) is 0. The predicted molar refractivity (Wildman–Crippen MR) is 144 cm³/mol. The molecule has 5 rings (SSSR count). The van der Waals surface area contributed by atoms with E-state index >= 15 is 0 Å². The van der Waals surface area contributed by atoms with Crippen LogP contribution in [0.3, 0.4) is 0 Å². The van der Waals surface area contributed by atoms with Crippen LogP contribution in [0.5, 0.6) is 5.75 Å². The minimum atomic E-state index is -1.03. The van der Waals surface area contributed by atoms with Crippen LogP contribution < -0.4 is 16.0 Å². The van der Waals surface area contributed by atoms with Gasteiger partial charge in [-0.25, -0.2) is 4.79 Å². The predicted octanol–water partition coefficient (Wildman–Crippen LogP) is 3.23. The van der Waals surface area contributed by atoms with Crippen molar-refractivity contribution in [3.8, 4) is 17.0 Å². The summed E-state index contributed by atoms with van der Waals surface area (Å²) in [6.45, 7) is 2.22. The molecule has 0 aliphatic carbocycles. The van der Waals surface area contributed by atoms with Crippen LogP contribution in [0.15, 0.2) is 60.7 Å². The molecule has 0 spiro atoms. The standard InChI is InChI=1S/C28H32N6O4/c29-25-23(18-22(31-32-25)21-8-4-5-9-24(21)35)33-16-12-28(13-17-33,19-6-2-1-3-7-19)26(36)34-14-10-20(11-15-34)30-27(37)38/h1-9,18,20,30,35H,10-17H2,(H2,29,32)(H,37,38). The van der Waals surface area contributed by atoms with E-state index < -0.39 is 11.5 Å². The van der Waals surface area contributed by atoms with Gasteiger partial charge in [-0.05, 0) is 49.4 Å². The van der Waals surface area contributed by atoms with Crippen molar-refractivity contribution in [2.24, 2.45) is 0 Å². The zero-order valence-electron chi connectivity index (χ0n) is 21.1. The van der Waals surface area contributed by atoms with E-state index in [9.17, 15) is 14.7 Å². The van der Waals surface area contributed by atoms with E-state index in [1.54, 1.807) is 18.2 Å². The summed E-state index contributed by atoms with van der Waals surface area (Å²) in [6, 6.07) is 18.6. The zero-order chi connectivity index (χ0) is 26.7. The van der Waals surface area contributed by atoms with Crippen LogP contribution in [0.4, 0.5) is 16.3 Å². The van der Waals surface area contributed by atoms with Crippen LogP contribution in [-0.4, -0.2) is 69.5 Å². The van der Waals surface area contributed by atoms with Crippen molar-refractivity contribution in [1.82, 2.24) is 20.4 Å². The lowest BCUT2D eigenvalue weighted by molar-refractivity contribution is -0.139. The molecule has 0 radical (unpaired) electrons. The Balaban J connectivity index is 1.37. The van der Waals surface area contributed by atoms with E-state index in [1.807, 2.05) is 47.4 Å². The number of aromatic hydroxyl groups is 1. The highest BCUT2D eigenvalue weighted by atomic mass is 16.4. The van der Waals surface area contributed by atoms with E-state index in [0.717, 1.165) is 11.3 Å². The minimum Gasteiger partial charge on any atom is -0.507 e. The third-order valence-corrected chi connectivity index (χ3v) is 7.78. The fourth-order valence-electron chi connectivity index (χ4n) is 5.68. The maximum Gasteiger partial charge on any atom is 0.404 e. The number of rotatable bonds is 5. The molecule has 3 aromatic rings. The fourth-order valence-corrected chi connectivity index (χ4v) is 5.68. The maximum absolute atomic E-state index is 14.1. The molecule has 2 aromatic carbocycles. The average Bonchev–Trinajstić information content (AvgIpc) is 2.94. The van der Waals surface area contributed by atoms with Crippen molar-refractivity contribution < 1.29 is 19.8 Å². The van der Waals surface area contributed by atoms with Gasteiger partial charge >= 0.3 is 6.09 Å². The average molecular weight is 517 g/mol. The number of anilines is 2. The van der Waals surface area contributed by atoms with E-state index in [-0.39, 0.29) is 17.7 Å². The topological polar surface area (TPSA) is 145 Å². The summed E-state index contributed by atoms with van der Waals surface area (Å²) in [5.41, 5.74) is 8.39. The lowest BCUT2D eigenvalue weighted by Crippen LogP contribution is -2.56. The Morgan fingerprint density at radius 2 is 1.61 bits per heavy atom. The summed E-state index contributed by atoms with van der Waals surface area (Å²) in [4.78, 5) is 29.1. The molecule has 2 aliphatic heterocycles. The molecule has 2 aliphatic rings. The van der Waals surface area contributed by atoms with Crippen molar-refractivity contribution in [3.05, 3.63) is 66.2 Å². The molecule has 2 saturated heterocycles. The third kappa shape index (κ3) is 4.93. The highest BCUT2D eigenvalue weighted by Crippen LogP contribution is 2.41. The van der Waals surface area contributed by atoms with Crippen molar-refractivity contribution in [2.75, 3.05) is 36.8 Å². The Labute approximate surface area is 221 Å². The molecule has 10 heteroatoms. The second-order valence-electron chi connectivity index (χ2n) is 9.97. The molecule has 198 valence electrons. The molecule has 1 aromatic heterocycles. The summed E-state index contributed by atoms with van der Waals surface area (Å²) < 4.78 is 0. The number of piperidine rings is 2. The third-order valence-electron chi connectivity index (χ3n) is 7.78. The Hall–Kier alpha value is -4.34. The highest BCUT2D eigenvalue weighted by Gasteiger charge is 2.46. The number of likely N-dealkylation sites (tertiary alicyclic amines) is 1. The van der Waals surface area contributed by atoms with Crippen LogP contribution in [0.25, 0.3) is 11.3 Å². The Kier molecular flexibility index (Phi) is 7.04. The van der Waals surface area contributed by atoms with Crippen molar-refractivity contribution in [1.29, 1.82) is 0 Å². The van der Waals surface area contributed by atoms with Gasteiger partial charge < -0.3 is 31.1 Å². The van der Waals surface area contributed by atoms with E-state index in [4.69, 9.17) is 10.8 Å². The van der Waals surface area contributed by atoms with E-state index in [0.29, 0.717) is 68.9 Å².